The van der Waals surface area contributed by atoms with Crippen LogP contribution in [0.25, 0.3) is 0 Å². The third kappa shape index (κ3) is 3.68. The first-order valence-electron chi connectivity index (χ1n) is 5.35. The molecular weight excluding hydrogens is 291 g/mol. The van der Waals surface area contributed by atoms with Gasteiger partial charge in [-0.15, -0.1) is 0 Å². The van der Waals surface area contributed by atoms with Gasteiger partial charge in [0.25, 0.3) is 0 Å². The summed E-state index contributed by atoms with van der Waals surface area (Å²) in [6.07, 6.45) is -6.99. The zero-order valence-electron chi connectivity index (χ0n) is 9.81. The highest BCUT2D eigenvalue weighted by Gasteiger charge is 2.81. The number of alkyl halides is 9. The molecule has 0 aliphatic carbocycles. The second-order valence-electron chi connectivity index (χ2n) is 3.97. The second kappa shape index (κ2) is 5.78. The third-order valence-electron chi connectivity index (χ3n) is 2.38. The fourth-order valence-electron chi connectivity index (χ4n) is 1.19. The Morgan fingerprint density at radius 3 is 1.58 bits per heavy atom. The maximum Gasteiger partial charge on any atom is 0.460 e. The van der Waals surface area contributed by atoms with Crippen LogP contribution in [0.5, 0.6) is 0 Å². The van der Waals surface area contributed by atoms with Crippen LogP contribution in [0.15, 0.2) is 0 Å². The highest BCUT2D eigenvalue weighted by molar-refractivity contribution is 5.06. The zero-order chi connectivity index (χ0) is 15.5. The summed E-state index contributed by atoms with van der Waals surface area (Å²) in [7, 11) is 0. The molecule has 0 atom stereocenters. The van der Waals surface area contributed by atoms with Gasteiger partial charge >= 0.3 is 23.9 Å². The van der Waals surface area contributed by atoms with Crippen LogP contribution < -0.4 is 0 Å². The van der Waals surface area contributed by atoms with Crippen molar-refractivity contribution in [3.05, 3.63) is 6.42 Å². The van der Waals surface area contributed by atoms with Gasteiger partial charge in [0, 0.05) is 6.42 Å². The standard InChI is InChI=1S/C10H12F9/c1-2-3-4-5-6-7(11,12)8(13,14)9(15,16)10(17,18)19/h6H,2-5H2,1H3. The zero-order valence-corrected chi connectivity index (χ0v) is 9.81. The van der Waals surface area contributed by atoms with Gasteiger partial charge in [-0.05, 0) is 6.42 Å². The maximum atomic E-state index is 12.9. The summed E-state index contributed by atoms with van der Waals surface area (Å²) in [5.41, 5.74) is 0. The van der Waals surface area contributed by atoms with E-state index in [-0.39, 0.29) is 6.42 Å². The van der Waals surface area contributed by atoms with Crippen molar-refractivity contribution in [2.24, 2.45) is 0 Å². The maximum absolute atomic E-state index is 12.9. The Hall–Kier alpha value is -0.630. The molecule has 0 nitrogen and oxygen atoms in total. The molecule has 0 aromatic carbocycles. The lowest BCUT2D eigenvalue weighted by atomic mass is 9.98. The molecule has 0 fully saturated rings. The summed E-state index contributed by atoms with van der Waals surface area (Å²) >= 11 is 0. The van der Waals surface area contributed by atoms with Gasteiger partial charge in [-0.3, -0.25) is 0 Å². The molecule has 0 amide bonds. The van der Waals surface area contributed by atoms with E-state index in [1.54, 1.807) is 6.92 Å². The van der Waals surface area contributed by atoms with Crippen LogP contribution in [0.4, 0.5) is 39.5 Å². The Kier molecular flexibility index (Phi) is 5.59. The van der Waals surface area contributed by atoms with Crippen molar-refractivity contribution < 1.29 is 39.5 Å². The molecule has 0 heterocycles. The van der Waals surface area contributed by atoms with Gasteiger partial charge in [-0.1, -0.05) is 26.2 Å². The highest BCUT2D eigenvalue weighted by atomic mass is 19.4. The molecule has 0 aliphatic heterocycles. The van der Waals surface area contributed by atoms with Crippen molar-refractivity contribution in [1.82, 2.24) is 0 Å². The quantitative estimate of drug-likeness (QED) is 0.446. The predicted octanol–water partition coefficient (Wildman–Crippen LogP) is 5.24. The van der Waals surface area contributed by atoms with Gasteiger partial charge in [0.05, 0.1) is 0 Å². The lowest BCUT2D eigenvalue weighted by Crippen LogP contribution is -2.60. The van der Waals surface area contributed by atoms with E-state index in [2.05, 4.69) is 0 Å². The molecule has 0 N–H and O–H groups in total. The minimum Gasteiger partial charge on any atom is -0.199 e. The Balaban J connectivity index is 4.96. The predicted molar refractivity (Wildman–Crippen MR) is 49.3 cm³/mol. The molecule has 19 heavy (non-hydrogen) atoms. The molecule has 0 bridgehead atoms. The number of hydrogen-bond donors (Lipinski definition) is 0. The van der Waals surface area contributed by atoms with Crippen molar-refractivity contribution in [3.63, 3.8) is 0 Å². The second-order valence-corrected chi connectivity index (χ2v) is 3.97. The van der Waals surface area contributed by atoms with E-state index < -0.39 is 36.8 Å². The average Bonchev–Trinajstić information content (AvgIpc) is 2.22. The molecule has 0 spiro atoms. The molecule has 0 aromatic heterocycles. The minimum atomic E-state index is -6.80. The third-order valence-corrected chi connectivity index (χ3v) is 2.38. The summed E-state index contributed by atoms with van der Waals surface area (Å²) in [6.45, 7) is 1.67. The Labute approximate surface area is 104 Å². The van der Waals surface area contributed by atoms with E-state index in [1.165, 1.54) is 0 Å². The van der Waals surface area contributed by atoms with Gasteiger partial charge in [0.2, 0.25) is 0 Å². The van der Waals surface area contributed by atoms with Crippen LogP contribution in [-0.4, -0.2) is 23.9 Å². The lowest BCUT2D eigenvalue weighted by Gasteiger charge is -2.33. The van der Waals surface area contributed by atoms with Crippen molar-refractivity contribution >= 4 is 0 Å². The van der Waals surface area contributed by atoms with Crippen LogP contribution in [0.2, 0.25) is 0 Å². The van der Waals surface area contributed by atoms with E-state index in [9.17, 15) is 39.5 Å². The Morgan fingerprint density at radius 2 is 1.21 bits per heavy atom. The van der Waals surface area contributed by atoms with Crippen LogP contribution >= 0.6 is 0 Å². The molecular formula is C10H12F9. The average molecular weight is 303 g/mol. The first-order valence-corrected chi connectivity index (χ1v) is 5.35. The largest absolute Gasteiger partial charge is 0.460 e. The molecule has 0 saturated carbocycles. The SMILES string of the molecule is CCCCC[CH]C(F)(F)C(F)(F)C(F)(F)C(F)(F)F. The summed E-state index contributed by atoms with van der Waals surface area (Å²) in [5, 5.41) is 0. The van der Waals surface area contributed by atoms with Gasteiger partial charge < -0.3 is 0 Å². The summed E-state index contributed by atoms with van der Waals surface area (Å²) in [4.78, 5) is 0. The van der Waals surface area contributed by atoms with Crippen LogP contribution in [0, 0.1) is 6.42 Å². The Morgan fingerprint density at radius 1 is 0.737 bits per heavy atom. The number of unbranched alkanes of at least 4 members (excludes halogenated alkanes) is 3. The number of rotatable bonds is 7. The fraction of sp³-hybridized carbons (Fsp3) is 0.900. The highest BCUT2D eigenvalue weighted by Crippen LogP contribution is 2.54. The molecule has 0 aliphatic rings. The smallest absolute Gasteiger partial charge is 0.199 e. The minimum absolute atomic E-state index is 0.000239. The van der Waals surface area contributed by atoms with E-state index in [0.29, 0.717) is 12.8 Å². The van der Waals surface area contributed by atoms with Gasteiger partial charge in [-0.25, -0.2) is 0 Å². The number of halogens is 9. The molecule has 9 heteroatoms. The normalized spacial score (nSPS) is 14.8. The number of hydrogen-bond acceptors (Lipinski definition) is 0. The van der Waals surface area contributed by atoms with Crippen LogP contribution in [0.3, 0.4) is 0 Å². The van der Waals surface area contributed by atoms with Crippen molar-refractivity contribution in [3.8, 4) is 0 Å². The summed E-state index contributed by atoms with van der Waals surface area (Å²) in [6, 6.07) is 0. The molecule has 115 valence electrons. The van der Waals surface area contributed by atoms with E-state index >= 15 is 0 Å². The first kappa shape index (κ1) is 18.4. The van der Waals surface area contributed by atoms with Crippen molar-refractivity contribution in [2.75, 3.05) is 0 Å². The fourth-order valence-corrected chi connectivity index (χ4v) is 1.19. The van der Waals surface area contributed by atoms with E-state index in [0.717, 1.165) is 0 Å². The van der Waals surface area contributed by atoms with Crippen molar-refractivity contribution in [2.45, 2.75) is 56.6 Å². The summed E-state index contributed by atoms with van der Waals surface area (Å²) < 4.78 is 111. The van der Waals surface area contributed by atoms with Crippen LogP contribution in [0.1, 0.15) is 32.6 Å². The Bertz CT molecular complexity index is 279. The molecule has 0 rings (SSSR count). The molecule has 0 aromatic rings. The van der Waals surface area contributed by atoms with Crippen molar-refractivity contribution in [1.29, 1.82) is 0 Å². The van der Waals surface area contributed by atoms with Gasteiger partial charge in [-0.2, -0.15) is 39.5 Å². The van der Waals surface area contributed by atoms with Gasteiger partial charge in [0.15, 0.2) is 0 Å². The van der Waals surface area contributed by atoms with Crippen LogP contribution in [-0.2, 0) is 0 Å². The topological polar surface area (TPSA) is 0 Å². The molecule has 1 radical (unpaired) electrons. The molecule has 0 unspecified atom stereocenters. The summed E-state index contributed by atoms with van der Waals surface area (Å²) in [5.74, 6) is -18.9. The van der Waals surface area contributed by atoms with E-state index in [4.69, 9.17) is 0 Å². The van der Waals surface area contributed by atoms with Gasteiger partial charge in [0.1, 0.15) is 0 Å². The lowest BCUT2D eigenvalue weighted by molar-refractivity contribution is -0.390. The van der Waals surface area contributed by atoms with E-state index in [1.807, 2.05) is 0 Å². The first-order chi connectivity index (χ1) is 8.31. The monoisotopic (exact) mass is 303 g/mol. The molecule has 0 saturated heterocycles.